The van der Waals surface area contributed by atoms with Gasteiger partial charge in [-0.15, -0.1) is 0 Å². The molecule has 16 rings (SSSR count). The second-order valence-electron chi connectivity index (χ2n) is 19.8. The van der Waals surface area contributed by atoms with Crippen LogP contribution in [0.2, 0.25) is 0 Å². The predicted molar refractivity (Wildman–Crippen MR) is 261 cm³/mol. The maximum Gasteiger partial charge on any atom is 0.164 e. The average molecular weight is 832 g/mol. The van der Waals surface area contributed by atoms with Gasteiger partial charge in [0.15, 0.2) is 17.5 Å². The molecule has 2 spiro atoms. The summed E-state index contributed by atoms with van der Waals surface area (Å²) < 4.78 is 0. The van der Waals surface area contributed by atoms with Gasteiger partial charge in [0, 0.05) is 22.1 Å². The minimum atomic E-state index is -0.539. The number of nitrogens with zero attached hydrogens (tertiary/aromatic N) is 3. The van der Waals surface area contributed by atoms with Crippen LogP contribution in [-0.2, 0) is 10.8 Å². The molecule has 1 aromatic heterocycles. The summed E-state index contributed by atoms with van der Waals surface area (Å²) in [5.41, 5.74) is 21.9. The summed E-state index contributed by atoms with van der Waals surface area (Å²) in [4.78, 5) is 15.6. The molecule has 0 unspecified atom stereocenters. The van der Waals surface area contributed by atoms with E-state index in [2.05, 4.69) is 176 Å². The largest absolute Gasteiger partial charge is 0.208 e. The molecule has 308 valence electrons. The highest BCUT2D eigenvalue weighted by atomic mass is 15.0. The molecular weight excluding hydrogens is 787 g/mol. The Kier molecular flexibility index (Phi) is 7.33. The predicted octanol–water partition coefficient (Wildman–Crippen LogP) is 14.6. The summed E-state index contributed by atoms with van der Waals surface area (Å²) in [6, 6.07) is 70.1. The van der Waals surface area contributed by atoms with Gasteiger partial charge >= 0.3 is 0 Å². The molecular formula is C62H45N3. The van der Waals surface area contributed by atoms with Gasteiger partial charge in [0.05, 0.1) is 5.41 Å². The molecule has 8 aromatic carbocycles. The molecule has 0 radical (unpaired) electrons. The maximum absolute atomic E-state index is 5.26. The van der Waals surface area contributed by atoms with Crippen LogP contribution in [0, 0.1) is 23.7 Å². The van der Waals surface area contributed by atoms with Crippen molar-refractivity contribution in [2.24, 2.45) is 23.7 Å². The lowest BCUT2D eigenvalue weighted by atomic mass is 9.42. The van der Waals surface area contributed by atoms with Gasteiger partial charge in [0.2, 0.25) is 0 Å². The van der Waals surface area contributed by atoms with Crippen molar-refractivity contribution in [2.45, 2.75) is 42.9 Å². The van der Waals surface area contributed by atoms with Crippen molar-refractivity contribution in [3.63, 3.8) is 0 Å². The maximum atomic E-state index is 5.26. The first kappa shape index (κ1) is 36.1. The lowest BCUT2D eigenvalue weighted by molar-refractivity contribution is -0.0397. The van der Waals surface area contributed by atoms with Crippen LogP contribution in [-0.4, -0.2) is 15.0 Å². The zero-order chi connectivity index (χ0) is 42.4. The van der Waals surface area contributed by atoms with Crippen LogP contribution >= 0.6 is 0 Å². The molecule has 0 N–H and O–H groups in total. The molecule has 4 bridgehead atoms. The number of hydrogen-bond acceptors (Lipinski definition) is 3. The first-order valence-corrected chi connectivity index (χ1v) is 23.8. The third kappa shape index (κ3) is 4.68. The van der Waals surface area contributed by atoms with Gasteiger partial charge in [-0.05, 0) is 140 Å². The number of benzene rings is 8. The number of aromatic nitrogens is 3. The summed E-state index contributed by atoms with van der Waals surface area (Å²) in [5.74, 6) is 5.13. The summed E-state index contributed by atoms with van der Waals surface area (Å²) in [6.07, 6.45) is 6.89. The monoisotopic (exact) mass is 831 g/mol. The van der Waals surface area contributed by atoms with Gasteiger partial charge in [-0.25, -0.2) is 15.0 Å². The fourth-order valence-corrected chi connectivity index (χ4v) is 14.9. The van der Waals surface area contributed by atoms with Crippen molar-refractivity contribution >= 4 is 0 Å². The van der Waals surface area contributed by atoms with Crippen LogP contribution in [0.25, 0.3) is 78.7 Å². The van der Waals surface area contributed by atoms with Crippen molar-refractivity contribution in [3.05, 3.63) is 221 Å². The molecule has 65 heavy (non-hydrogen) atoms. The molecule has 4 fully saturated rings. The van der Waals surface area contributed by atoms with Crippen LogP contribution in [0.4, 0.5) is 0 Å². The molecule has 0 aliphatic heterocycles. The highest BCUT2D eigenvalue weighted by Crippen LogP contribution is 2.71. The SMILES string of the molecule is c1ccc(-c2nc(-c3ccccc3)nc(-c3ccc4c(c3)C3(c5ccccc5-c5ccccc53)c3cccc(-c5cccc6c5C5(c7ccccc7-6)C6CC7CC(C6)CC5C7)c3-4)n2)cc1. The summed E-state index contributed by atoms with van der Waals surface area (Å²) in [6.45, 7) is 0. The van der Waals surface area contributed by atoms with Gasteiger partial charge in [0.1, 0.15) is 0 Å². The average Bonchev–Trinajstić information content (AvgIpc) is 3.96. The van der Waals surface area contributed by atoms with Crippen LogP contribution in [0.15, 0.2) is 188 Å². The second-order valence-corrected chi connectivity index (χ2v) is 19.8. The zero-order valence-corrected chi connectivity index (χ0v) is 36.1. The van der Waals surface area contributed by atoms with E-state index in [1.807, 2.05) is 12.1 Å². The highest BCUT2D eigenvalue weighted by Gasteiger charge is 2.62. The van der Waals surface area contributed by atoms with E-state index in [0.29, 0.717) is 29.3 Å². The van der Waals surface area contributed by atoms with Gasteiger partial charge in [-0.1, -0.05) is 182 Å². The smallest absolute Gasteiger partial charge is 0.164 e. The Bertz CT molecular complexity index is 3330. The quantitative estimate of drug-likeness (QED) is 0.177. The zero-order valence-electron chi connectivity index (χ0n) is 36.1. The molecule has 7 aliphatic rings. The molecule has 9 aromatic rings. The van der Waals surface area contributed by atoms with E-state index >= 15 is 0 Å². The summed E-state index contributed by atoms with van der Waals surface area (Å²) >= 11 is 0. The van der Waals surface area contributed by atoms with E-state index in [1.54, 1.807) is 11.1 Å². The number of rotatable bonds is 4. The fraction of sp³-hybridized carbons (Fsp3) is 0.177. The minimum absolute atomic E-state index is 0.0415. The van der Waals surface area contributed by atoms with E-state index < -0.39 is 5.41 Å². The second kappa shape index (κ2) is 13.2. The third-order valence-corrected chi connectivity index (χ3v) is 16.9. The molecule has 3 heteroatoms. The Morgan fingerprint density at radius 1 is 0.323 bits per heavy atom. The highest BCUT2D eigenvalue weighted by molar-refractivity contribution is 6.02. The van der Waals surface area contributed by atoms with Crippen LogP contribution in [0.5, 0.6) is 0 Å². The number of hydrogen-bond donors (Lipinski definition) is 0. The Morgan fingerprint density at radius 2 is 0.769 bits per heavy atom. The van der Waals surface area contributed by atoms with Crippen LogP contribution < -0.4 is 0 Å². The molecule has 1 heterocycles. The molecule has 0 saturated heterocycles. The van der Waals surface area contributed by atoms with E-state index in [9.17, 15) is 0 Å². The number of fused-ring (bicyclic) bond motifs is 13. The summed E-state index contributed by atoms with van der Waals surface area (Å²) in [5, 5.41) is 0. The van der Waals surface area contributed by atoms with Gasteiger partial charge in [0.25, 0.3) is 0 Å². The van der Waals surface area contributed by atoms with Crippen molar-refractivity contribution in [3.8, 4) is 78.7 Å². The van der Waals surface area contributed by atoms with E-state index in [0.717, 1.165) is 28.5 Å². The van der Waals surface area contributed by atoms with Crippen molar-refractivity contribution < 1.29 is 0 Å². The van der Waals surface area contributed by atoms with E-state index in [4.69, 9.17) is 15.0 Å². The Hall–Kier alpha value is -7.23. The van der Waals surface area contributed by atoms with Crippen molar-refractivity contribution in [1.29, 1.82) is 0 Å². The molecule has 7 aliphatic carbocycles. The first-order valence-electron chi connectivity index (χ1n) is 23.8. The topological polar surface area (TPSA) is 38.7 Å². The Morgan fingerprint density at radius 3 is 1.37 bits per heavy atom. The minimum Gasteiger partial charge on any atom is -0.208 e. The standard InChI is InChI=1S/C62H45N3/c1-3-15-39(16-4-1)58-63-59(40-17-5-2-6-18-40)65-60(64-58)41-29-30-50-55(36-41)62(52-26-11-7-19-44(52)45-20-8-12-27-53(45)62)54-28-14-22-47(56(50)54)49-24-13-23-48-46-21-9-10-25-51(46)61(57(48)49)42-32-37-31-38(34-42)35-43(61)33-37/h1-30,36-38,42-43H,31-35H2. The van der Waals surface area contributed by atoms with Gasteiger partial charge < -0.3 is 0 Å². The first-order chi connectivity index (χ1) is 32.2. The lowest BCUT2D eigenvalue weighted by Crippen LogP contribution is -2.55. The van der Waals surface area contributed by atoms with Crippen LogP contribution in [0.1, 0.15) is 65.5 Å². The Balaban J connectivity index is 1.01. The van der Waals surface area contributed by atoms with Crippen molar-refractivity contribution in [2.75, 3.05) is 0 Å². The molecule has 0 amide bonds. The van der Waals surface area contributed by atoms with E-state index in [-0.39, 0.29) is 5.41 Å². The van der Waals surface area contributed by atoms with Crippen LogP contribution in [0.3, 0.4) is 0 Å². The van der Waals surface area contributed by atoms with Gasteiger partial charge in [-0.2, -0.15) is 0 Å². The van der Waals surface area contributed by atoms with Crippen molar-refractivity contribution in [1.82, 2.24) is 15.0 Å². The molecule has 0 atom stereocenters. The van der Waals surface area contributed by atoms with Gasteiger partial charge in [-0.3, -0.25) is 0 Å². The molecule has 3 nitrogen and oxygen atoms in total. The fourth-order valence-electron chi connectivity index (χ4n) is 14.9. The Labute approximate surface area is 380 Å². The normalized spacial score (nSPS) is 22.6. The van der Waals surface area contributed by atoms with E-state index in [1.165, 1.54) is 98.9 Å². The third-order valence-electron chi connectivity index (χ3n) is 16.9. The lowest BCUT2D eigenvalue weighted by Gasteiger charge is -2.61. The molecule has 4 saturated carbocycles. The summed E-state index contributed by atoms with van der Waals surface area (Å²) in [7, 11) is 0.